The monoisotopic (exact) mass is 320 g/mol. The molecule has 1 amide bonds. The van der Waals surface area contributed by atoms with Gasteiger partial charge >= 0.3 is 0 Å². The molecule has 0 unspecified atom stereocenters. The molecule has 2 fully saturated rings. The average molecular weight is 321 g/mol. The first-order chi connectivity index (χ1) is 9.24. The number of carbonyl (C=O) groups is 1. The summed E-state index contributed by atoms with van der Waals surface area (Å²) < 4.78 is 0.794. The van der Waals surface area contributed by atoms with Crippen LogP contribution in [0, 0.1) is 17.8 Å². The molecule has 0 heterocycles. The Morgan fingerprint density at radius 2 is 2.16 bits per heavy atom. The number of fused-ring (bicyclic) bond motifs is 2. The van der Waals surface area contributed by atoms with E-state index < -0.39 is 0 Å². The predicted molar refractivity (Wildman–Crippen MR) is 79.0 cm³/mol. The summed E-state index contributed by atoms with van der Waals surface area (Å²) in [6.45, 7) is 0. The molecule has 3 rings (SSSR count). The van der Waals surface area contributed by atoms with E-state index in [4.69, 9.17) is 0 Å². The SMILES string of the molecule is O=C(N/N=C\[C@H]1C[C@@H]2CC[C@H]1C2)c1ccccc1Br. The fourth-order valence-electron chi connectivity index (χ4n) is 3.37. The standard InChI is InChI=1S/C15H17BrN2O/c16-14-4-2-1-3-13(14)15(19)18-17-9-12-8-10-5-6-11(12)7-10/h1-4,9-12H,5-8H2,(H,18,19)/b17-9-/t10-,11+,12-/m1/s1. The molecule has 100 valence electrons. The van der Waals surface area contributed by atoms with Crippen molar-refractivity contribution >= 4 is 28.1 Å². The first kappa shape index (κ1) is 12.9. The minimum atomic E-state index is -0.160. The van der Waals surface area contributed by atoms with Crippen LogP contribution in [0.3, 0.4) is 0 Å². The van der Waals surface area contributed by atoms with Gasteiger partial charge in [0.15, 0.2) is 0 Å². The molecule has 0 aromatic heterocycles. The van der Waals surface area contributed by atoms with Crippen molar-refractivity contribution in [3.63, 3.8) is 0 Å². The van der Waals surface area contributed by atoms with Crippen LogP contribution in [0.15, 0.2) is 33.8 Å². The third kappa shape index (κ3) is 2.73. The highest BCUT2D eigenvalue weighted by molar-refractivity contribution is 9.10. The molecule has 1 N–H and O–H groups in total. The fraction of sp³-hybridized carbons (Fsp3) is 0.467. The topological polar surface area (TPSA) is 41.5 Å². The highest BCUT2D eigenvalue weighted by Gasteiger charge is 2.38. The number of nitrogens with zero attached hydrogens (tertiary/aromatic N) is 1. The van der Waals surface area contributed by atoms with E-state index in [0.29, 0.717) is 11.5 Å². The summed E-state index contributed by atoms with van der Waals surface area (Å²) >= 11 is 3.37. The smallest absolute Gasteiger partial charge is 0.267 e. The number of hydrogen-bond donors (Lipinski definition) is 1. The zero-order valence-electron chi connectivity index (χ0n) is 10.7. The van der Waals surface area contributed by atoms with Gasteiger partial charge in [0.05, 0.1) is 5.56 Å². The first-order valence-corrected chi connectivity index (χ1v) is 7.61. The summed E-state index contributed by atoms with van der Waals surface area (Å²) in [7, 11) is 0. The van der Waals surface area contributed by atoms with Crippen LogP contribution in [0.1, 0.15) is 36.0 Å². The van der Waals surface area contributed by atoms with Crippen molar-refractivity contribution < 1.29 is 4.79 Å². The molecular formula is C15H17BrN2O. The fourth-order valence-corrected chi connectivity index (χ4v) is 3.84. The zero-order valence-corrected chi connectivity index (χ0v) is 12.3. The van der Waals surface area contributed by atoms with Gasteiger partial charge in [-0.2, -0.15) is 5.10 Å². The Labute approximate surface area is 121 Å². The molecule has 2 aliphatic rings. The zero-order chi connectivity index (χ0) is 13.2. The maximum atomic E-state index is 11.9. The van der Waals surface area contributed by atoms with Gasteiger partial charge in [0.25, 0.3) is 5.91 Å². The molecule has 0 spiro atoms. The van der Waals surface area contributed by atoms with Gasteiger partial charge in [0.2, 0.25) is 0 Å². The Kier molecular flexibility index (Phi) is 3.69. The molecule has 19 heavy (non-hydrogen) atoms. The van der Waals surface area contributed by atoms with E-state index in [1.807, 2.05) is 24.4 Å². The largest absolute Gasteiger partial charge is 0.272 e. The van der Waals surface area contributed by atoms with Crippen LogP contribution >= 0.6 is 15.9 Å². The van der Waals surface area contributed by atoms with Gasteiger partial charge in [-0.05, 0) is 65.1 Å². The van der Waals surface area contributed by atoms with E-state index >= 15 is 0 Å². The third-order valence-corrected chi connectivity index (χ3v) is 5.03. The summed E-state index contributed by atoms with van der Waals surface area (Å²) in [5, 5.41) is 4.14. The van der Waals surface area contributed by atoms with E-state index in [0.717, 1.165) is 16.3 Å². The maximum Gasteiger partial charge on any atom is 0.272 e. The Morgan fingerprint density at radius 3 is 2.84 bits per heavy atom. The molecule has 0 saturated heterocycles. The number of halogens is 1. The minimum absolute atomic E-state index is 0.160. The number of hydrazone groups is 1. The number of nitrogens with one attached hydrogen (secondary N) is 1. The normalized spacial score (nSPS) is 29.0. The van der Waals surface area contributed by atoms with E-state index in [1.54, 1.807) is 6.07 Å². The number of benzene rings is 1. The first-order valence-electron chi connectivity index (χ1n) is 6.82. The van der Waals surface area contributed by atoms with Crippen LogP contribution in [0.2, 0.25) is 0 Å². The van der Waals surface area contributed by atoms with Crippen LogP contribution in [0.25, 0.3) is 0 Å². The predicted octanol–water partition coefficient (Wildman–Crippen LogP) is 3.60. The molecule has 1 aromatic rings. The van der Waals surface area contributed by atoms with Crippen molar-refractivity contribution in [3.8, 4) is 0 Å². The minimum Gasteiger partial charge on any atom is -0.267 e. The van der Waals surface area contributed by atoms with Crippen LogP contribution < -0.4 is 5.43 Å². The lowest BCUT2D eigenvalue weighted by molar-refractivity contribution is 0.0954. The molecule has 4 heteroatoms. The van der Waals surface area contributed by atoms with Crippen molar-refractivity contribution in [2.24, 2.45) is 22.9 Å². The Morgan fingerprint density at radius 1 is 1.32 bits per heavy atom. The van der Waals surface area contributed by atoms with Crippen LogP contribution in [0.5, 0.6) is 0 Å². The van der Waals surface area contributed by atoms with E-state index in [-0.39, 0.29) is 5.91 Å². The molecule has 3 atom stereocenters. The molecular weight excluding hydrogens is 304 g/mol. The second kappa shape index (κ2) is 5.45. The number of amides is 1. The lowest BCUT2D eigenvalue weighted by Crippen LogP contribution is -2.20. The summed E-state index contributed by atoms with van der Waals surface area (Å²) in [5.74, 6) is 2.11. The average Bonchev–Trinajstić information content (AvgIpc) is 3.01. The lowest BCUT2D eigenvalue weighted by Gasteiger charge is -2.16. The molecule has 2 saturated carbocycles. The molecule has 1 aromatic carbocycles. The van der Waals surface area contributed by atoms with E-state index in [1.165, 1.54) is 25.7 Å². The maximum absolute atomic E-state index is 11.9. The van der Waals surface area contributed by atoms with Crippen LogP contribution in [-0.2, 0) is 0 Å². The number of carbonyl (C=O) groups excluding carboxylic acids is 1. The highest BCUT2D eigenvalue weighted by Crippen LogP contribution is 2.47. The van der Waals surface area contributed by atoms with Gasteiger partial charge in [-0.3, -0.25) is 4.79 Å². The lowest BCUT2D eigenvalue weighted by atomic mass is 9.90. The summed E-state index contributed by atoms with van der Waals surface area (Å²) in [6.07, 6.45) is 7.27. The van der Waals surface area contributed by atoms with Crippen molar-refractivity contribution in [2.45, 2.75) is 25.7 Å². The van der Waals surface area contributed by atoms with Gasteiger partial charge in [-0.1, -0.05) is 18.6 Å². The second-order valence-electron chi connectivity index (χ2n) is 5.54. The van der Waals surface area contributed by atoms with Crippen molar-refractivity contribution in [3.05, 3.63) is 34.3 Å². The van der Waals surface area contributed by atoms with E-state index in [9.17, 15) is 4.79 Å². The highest BCUT2D eigenvalue weighted by atomic mass is 79.9. The molecule has 3 nitrogen and oxygen atoms in total. The van der Waals surface area contributed by atoms with Gasteiger partial charge in [-0.15, -0.1) is 0 Å². The molecule has 2 bridgehead atoms. The summed E-state index contributed by atoms with van der Waals surface area (Å²) in [6, 6.07) is 7.37. The van der Waals surface area contributed by atoms with Crippen molar-refractivity contribution in [1.82, 2.24) is 5.43 Å². The van der Waals surface area contributed by atoms with E-state index in [2.05, 4.69) is 26.5 Å². The molecule has 0 radical (unpaired) electrons. The van der Waals surface area contributed by atoms with Gasteiger partial charge in [0.1, 0.15) is 0 Å². The quantitative estimate of drug-likeness (QED) is 0.671. The third-order valence-electron chi connectivity index (χ3n) is 4.34. The Hall–Kier alpha value is -1.16. The summed E-state index contributed by atoms with van der Waals surface area (Å²) in [5.41, 5.74) is 3.24. The Balaban J connectivity index is 1.58. The molecule has 0 aliphatic heterocycles. The van der Waals surface area contributed by atoms with Gasteiger partial charge in [-0.25, -0.2) is 5.43 Å². The van der Waals surface area contributed by atoms with Crippen molar-refractivity contribution in [1.29, 1.82) is 0 Å². The van der Waals surface area contributed by atoms with Crippen LogP contribution in [0.4, 0.5) is 0 Å². The molecule has 2 aliphatic carbocycles. The van der Waals surface area contributed by atoms with Crippen LogP contribution in [-0.4, -0.2) is 12.1 Å². The number of rotatable bonds is 3. The van der Waals surface area contributed by atoms with Gasteiger partial charge < -0.3 is 0 Å². The number of hydrogen-bond acceptors (Lipinski definition) is 2. The van der Waals surface area contributed by atoms with Crippen molar-refractivity contribution in [2.75, 3.05) is 0 Å². The summed E-state index contributed by atoms with van der Waals surface area (Å²) in [4.78, 5) is 11.9. The second-order valence-corrected chi connectivity index (χ2v) is 6.39. The van der Waals surface area contributed by atoms with Gasteiger partial charge in [0, 0.05) is 10.7 Å². The Bertz CT molecular complexity index is 515.